The first-order valence-corrected chi connectivity index (χ1v) is 5.91. The summed E-state index contributed by atoms with van der Waals surface area (Å²) in [5.41, 5.74) is 1.20. The average molecular weight is 285 g/mol. The number of aromatic nitrogens is 3. The highest BCUT2D eigenvalue weighted by Crippen LogP contribution is 2.13. The Hall–Kier alpha value is -3.14. The number of nitrogens with zero attached hydrogens (tertiary/aromatic N) is 3. The van der Waals surface area contributed by atoms with Crippen molar-refractivity contribution in [2.45, 2.75) is 6.92 Å². The van der Waals surface area contributed by atoms with Gasteiger partial charge in [0.15, 0.2) is 12.3 Å². The Morgan fingerprint density at radius 2 is 2.05 bits per heavy atom. The van der Waals surface area contributed by atoms with Crippen LogP contribution in [0, 0.1) is 19.3 Å². The predicted molar refractivity (Wildman–Crippen MR) is 72.2 cm³/mol. The number of carbonyl (C=O) groups is 2. The molecule has 0 aliphatic heterocycles. The molecule has 0 aliphatic rings. The van der Waals surface area contributed by atoms with Gasteiger partial charge in [-0.1, -0.05) is 11.1 Å². The van der Waals surface area contributed by atoms with Crippen LogP contribution in [0.2, 0.25) is 0 Å². The fourth-order valence-electron chi connectivity index (χ4n) is 1.70. The van der Waals surface area contributed by atoms with E-state index in [1.165, 1.54) is 16.8 Å². The lowest BCUT2D eigenvalue weighted by Gasteiger charge is -2.05. The minimum Gasteiger partial charge on any atom is -0.476 e. The molecule has 0 saturated heterocycles. The molecule has 106 valence electrons. The van der Waals surface area contributed by atoms with Gasteiger partial charge in [0.2, 0.25) is 0 Å². The molecular formula is C14H11N3O4. The fraction of sp³-hybridized carbons (Fsp3) is 0.143. The third-order valence-corrected chi connectivity index (χ3v) is 2.73. The molecule has 0 spiro atoms. The van der Waals surface area contributed by atoms with E-state index in [-0.39, 0.29) is 12.3 Å². The standard InChI is InChI=1S/C14H11N3O4/c1-3-8-21-14(20)10-4-6-11(7-5-10)17-9(2)12(13(18)19)15-16-17/h1,4-7H,8H2,2H3,(H,18,19). The van der Waals surface area contributed by atoms with Gasteiger partial charge < -0.3 is 9.84 Å². The molecule has 0 radical (unpaired) electrons. The van der Waals surface area contributed by atoms with E-state index in [1.807, 2.05) is 0 Å². The Balaban J connectivity index is 2.25. The third-order valence-electron chi connectivity index (χ3n) is 2.73. The summed E-state index contributed by atoms with van der Waals surface area (Å²) in [6.45, 7) is 1.50. The van der Waals surface area contributed by atoms with Crippen LogP contribution in [0.3, 0.4) is 0 Å². The summed E-state index contributed by atoms with van der Waals surface area (Å²) in [6, 6.07) is 6.30. The molecule has 0 saturated carbocycles. The van der Waals surface area contributed by atoms with Crippen molar-refractivity contribution < 1.29 is 19.4 Å². The number of carboxylic acids is 1. The molecule has 7 nitrogen and oxygen atoms in total. The van der Waals surface area contributed by atoms with Gasteiger partial charge in [0, 0.05) is 0 Å². The van der Waals surface area contributed by atoms with Gasteiger partial charge >= 0.3 is 11.9 Å². The normalized spacial score (nSPS) is 9.90. The smallest absolute Gasteiger partial charge is 0.358 e. The van der Waals surface area contributed by atoms with Crippen molar-refractivity contribution in [2.24, 2.45) is 0 Å². The Labute approximate surface area is 120 Å². The van der Waals surface area contributed by atoms with Crippen LogP contribution in [-0.2, 0) is 4.74 Å². The van der Waals surface area contributed by atoms with E-state index < -0.39 is 11.9 Å². The maximum absolute atomic E-state index is 11.6. The number of hydrogen-bond donors (Lipinski definition) is 1. The van der Waals surface area contributed by atoms with Crippen molar-refractivity contribution >= 4 is 11.9 Å². The van der Waals surface area contributed by atoms with Crippen molar-refractivity contribution in [3.05, 3.63) is 41.2 Å². The number of carboxylic acid groups (broad SMARTS) is 1. The predicted octanol–water partition coefficient (Wildman–Crippen LogP) is 1.06. The molecule has 0 atom stereocenters. The van der Waals surface area contributed by atoms with Crippen molar-refractivity contribution in [1.29, 1.82) is 0 Å². The van der Waals surface area contributed by atoms with Crippen molar-refractivity contribution in [2.75, 3.05) is 6.61 Å². The number of carbonyl (C=O) groups excluding carboxylic acids is 1. The van der Waals surface area contributed by atoms with Crippen LogP contribution in [0.1, 0.15) is 26.5 Å². The van der Waals surface area contributed by atoms with E-state index in [9.17, 15) is 9.59 Å². The summed E-state index contributed by atoms with van der Waals surface area (Å²) in [5, 5.41) is 16.3. The Bertz CT molecular complexity index is 726. The number of hydrogen-bond acceptors (Lipinski definition) is 5. The first-order chi connectivity index (χ1) is 10.0. The lowest BCUT2D eigenvalue weighted by atomic mass is 10.2. The Kier molecular flexibility index (Phi) is 4.00. The number of rotatable bonds is 4. The largest absolute Gasteiger partial charge is 0.476 e. The monoisotopic (exact) mass is 285 g/mol. The van der Waals surface area contributed by atoms with Crippen LogP contribution in [0.5, 0.6) is 0 Å². The summed E-state index contributed by atoms with van der Waals surface area (Å²) < 4.78 is 6.17. The lowest BCUT2D eigenvalue weighted by Crippen LogP contribution is -2.06. The van der Waals surface area contributed by atoms with Gasteiger partial charge in [-0.2, -0.15) is 0 Å². The zero-order chi connectivity index (χ0) is 15.4. The maximum atomic E-state index is 11.6. The molecule has 0 bridgehead atoms. The molecule has 1 aromatic heterocycles. The van der Waals surface area contributed by atoms with Gasteiger partial charge in [-0.15, -0.1) is 11.5 Å². The van der Waals surface area contributed by atoms with Crippen LogP contribution < -0.4 is 0 Å². The minimum atomic E-state index is -1.15. The first kappa shape index (κ1) is 14.3. The molecule has 0 fully saturated rings. The molecule has 0 unspecified atom stereocenters. The van der Waals surface area contributed by atoms with Crippen LogP contribution in [0.15, 0.2) is 24.3 Å². The minimum absolute atomic E-state index is 0.0925. The molecular weight excluding hydrogens is 274 g/mol. The van der Waals surface area contributed by atoms with E-state index in [4.69, 9.17) is 16.3 Å². The fourth-order valence-corrected chi connectivity index (χ4v) is 1.70. The maximum Gasteiger partial charge on any atom is 0.358 e. The Morgan fingerprint density at radius 3 is 2.57 bits per heavy atom. The second-order valence-electron chi connectivity index (χ2n) is 4.07. The highest BCUT2D eigenvalue weighted by atomic mass is 16.5. The number of terminal acetylenes is 1. The van der Waals surface area contributed by atoms with Gasteiger partial charge in [0.1, 0.15) is 0 Å². The number of esters is 1. The SMILES string of the molecule is C#CCOC(=O)c1ccc(-n2nnc(C(=O)O)c2C)cc1. The topological polar surface area (TPSA) is 94.3 Å². The molecule has 7 heteroatoms. The average Bonchev–Trinajstić information content (AvgIpc) is 2.87. The van der Waals surface area contributed by atoms with Crippen molar-refractivity contribution in [3.63, 3.8) is 0 Å². The number of benzene rings is 1. The summed E-state index contributed by atoms with van der Waals surface area (Å²) in [5.74, 6) is 0.533. The molecule has 0 amide bonds. The molecule has 1 heterocycles. The van der Waals surface area contributed by atoms with Crippen LogP contribution in [0.4, 0.5) is 0 Å². The van der Waals surface area contributed by atoms with Gasteiger partial charge in [0.25, 0.3) is 0 Å². The van der Waals surface area contributed by atoms with Crippen LogP contribution >= 0.6 is 0 Å². The molecule has 1 N–H and O–H groups in total. The number of aromatic carboxylic acids is 1. The summed E-state index contributed by atoms with van der Waals surface area (Å²) in [7, 11) is 0. The molecule has 0 aliphatic carbocycles. The summed E-state index contributed by atoms with van der Waals surface area (Å²) in [6.07, 6.45) is 5.00. The third kappa shape index (κ3) is 2.90. The van der Waals surface area contributed by atoms with E-state index >= 15 is 0 Å². The zero-order valence-corrected chi connectivity index (χ0v) is 11.1. The quantitative estimate of drug-likeness (QED) is 0.667. The number of ether oxygens (including phenoxy) is 1. The molecule has 21 heavy (non-hydrogen) atoms. The zero-order valence-electron chi connectivity index (χ0n) is 11.1. The van der Waals surface area contributed by atoms with E-state index in [1.54, 1.807) is 19.1 Å². The second-order valence-corrected chi connectivity index (χ2v) is 4.07. The molecule has 1 aromatic carbocycles. The first-order valence-electron chi connectivity index (χ1n) is 5.91. The summed E-state index contributed by atoms with van der Waals surface area (Å²) >= 11 is 0. The van der Waals surface area contributed by atoms with Gasteiger partial charge in [-0.05, 0) is 31.2 Å². The highest BCUT2D eigenvalue weighted by Gasteiger charge is 2.16. The highest BCUT2D eigenvalue weighted by molar-refractivity contribution is 5.89. The van der Waals surface area contributed by atoms with Crippen molar-refractivity contribution in [3.8, 4) is 18.0 Å². The van der Waals surface area contributed by atoms with Gasteiger partial charge in [0.05, 0.1) is 16.9 Å². The van der Waals surface area contributed by atoms with E-state index in [0.29, 0.717) is 16.9 Å². The van der Waals surface area contributed by atoms with Gasteiger partial charge in [-0.3, -0.25) is 0 Å². The van der Waals surface area contributed by atoms with Crippen LogP contribution in [-0.4, -0.2) is 38.6 Å². The van der Waals surface area contributed by atoms with Crippen LogP contribution in [0.25, 0.3) is 5.69 Å². The van der Waals surface area contributed by atoms with Gasteiger partial charge in [-0.25, -0.2) is 14.3 Å². The Morgan fingerprint density at radius 1 is 1.38 bits per heavy atom. The van der Waals surface area contributed by atoms with Crippen molar-refractivity contribution in [1.82, 2.24) is 15.0 Å². The van der Waals surface area contributed by atoms with E-state index in [2.05, 4.69) is 16.2 Å². The summed E-state index contributed by atoms with van der Waals surface area (Å²) in [4.78, 5) is 22.5. The molecule has 2 rings (SSSR count). The van der Waals surface area contributed by atoms with E-state index in [0.717, 1.165) is 0 Å². The lowest BCUT2D eigenvalue weighted by molar-refractivity contribution is 0.0556. The second kappa shape index (κ2) is 5.88. The molecule has 2 aromatic rings.